The third-order valence-corrected chi connectivity index (χ3v) is 2.53. The predicted molar refractivity (Wildman–Crippen MR) is 42.6 cm³/mol. The molecule has 1 aliphatic rings. The molecule has 5 atom stereocenters. The number of nitrogens with two attached hydrogens (primary N) is 1. The van der Waals surface area contributed by atoms with Gasteiger partial charge < -0.3 is 31.3 Å². The fourth-order valence-corrected chi connectivity index (χ4v) is 1.57. The minimum absolute atomic E-state index is 0.150. The van der Waals surface area contributed by atoms with Gasteiger partial charge in [0.15, 0.2) is 0 Å². The van der Waals surface area contributed by atoms with Gasteiger partial charge in [0.1, 0.15) is 17.8 Å². The summed E-state index contributed by atoms with van der Waals surface area (Å²) in [4.78, 5) is 0. The third kappa shape index (κ3) is 1.69. The number of hydrogen-bond donors (Lipinski definition) is 6. The zero-order valence-electron chi connectivity index (χ0n) is 7.04. The van der Waals surface area contributed by atoms with Gasteiger partial charge in [-0.25, -0.2) is 0 Å². The van der Waals surface area contributed by atoms with Crippen LogP contribution in [-0.2, 0) is 0 Å². The molecule has 0 amide bonds. The second kappa shape index (κ2) is 3.49. The van der Waals surface area contributed by atoms with Crippen molar-refractivity contribution in [3.63, 3.8) is 0 Å². The summed E-state index contributed by atoms with van der Waals surface area (Å²) in [5.74, 6) is 0. The summed E-state index contributed by atoms with van der Waals surface area (Å²) < 4.78 is 0. The van der Waals surface area contributed by atoms with Crippen LogP contribution in [0.15, 0.2) is 0 Å². The first kappa shape index (κ1) is 10.8. The molecular weight excluding hydrogens is 178 g/mol. The van der Waals surface area contributed by atoms with E-state index in [9.17, 15) is 20.4 Å². The maximum Gasteiger partial charge on any atom is 0.118 e. The van der Waals surface area contributed by atoms with E-state index in [1.165, 1.54) is 0 Å². The van der Waals surface area contributed by atoms with Crippen molar-refractivity contribution in [2.24, 2.45) is 5.73 Å². The van der Waals surface area contributed by atoms with Crippen molar-refractivity contribution in [3.8, 4) is 0 Å². The predicted octanol–water partition coefficient (Wildman–Crippen LogP) is -3.48. The molecule has 0 unspecified atom stereocenters. The number of rotatable bonds is 1. The molecule has 0 aromatic rings. The lowest BCUT2D eigenvalue weighted by molar-refractivity contribution is -0.203. The largest absolute Gasteiger partial charge is 0.393 e. The SMILES string of the molecule is N[C@H]1C[C@](O)(CO)[C@@H](O)[C@H](O)[C@@H]1O. The van der Waals surface area contributed by atoms with Crippen LogP contribution in [0.5, 0.6) is 0 Å². The summed E-state index contributed by atoms with van der Waals surface area (Å²) in [6.07, 6.45) is -4.53. The van der Waals surface area contributed by atoms with Crippen LogP contribution in [0.4, 0.5) is 0 Å². The number of aliphatic hydroxyl groups excluding tert-OH is 4. The molecule has 0 aromatic heterocycles. The van der Waals surface area contributed by atoms with Crippen LogP contribution in [0.1, 0.15) is 6.42 Å². The molecule has 1 saturated carbocycles. The summed E-state index contributed by atoms with van der Waals surface area (Å²) in [7, 11) is 0. The van der Waals surface area contributed by atoms with Gasteiger partial charge in [0, 0.05) is 6.04 Å². The van der Waals surface area contributed by atoms with E-state index in [1.54, 1.807) is 0 Å². The van der Waals surface area contributed by atoms with Gasteiger partial charge in [-0.3, -0.25) is 0 Å². The quantitative estimate of drug-likeness (QED) is 0.257. The molecule has 0 radical (unpaired) electrons. The topological polar surface area (TPSA) is 127 Å². The Balaban J connectivity index is 2.82. The molecule has 1 rings (SSSR count). The Morgan fingerprint density at radius 2 is 1.77 bits per heavy atom. The number of aliphatic hydroxyl groups is 5. The Labute approximate surface area is 75.2 Å². The Morgan fingerprint density at radius 3 is 2.23 bits per heavy atom. The molecule has 13 heavy (non-hydrogen) atoms. The highest BCUT2D eigenvalue weighted by Crippen LogP contribution is 2.28. The second-order valence-electron chi connectivity index (χ2n) is 3.56. The average Bonchev–Trinajstić information content (AvgIpc) is 2.12. The summed E-state index contributed by atoms with van der Waals surface area (Å²) in [6.45, 7) is -0.703. The molecule has 0 saturated heterocycles. The van der Waals surface area contributed by atoms with Gasteiger partial charge in [-0.15, -0.1) is 0 Å². The lowest BCUT2D eigenvalue weighted by Crippen LogP contribution is -2.66. The van der Waals surface area contributed by atoms with E-state index in [2.05, 4.69) is 0 Å². The van der Waals surface area contributed by atoms with Crippen LogP contribution < -0.4 is 5.73 Å². The molecule has 1 aliphatic carbocycles. The molecule has 0 spiro atoms. The minimum atomic E-state index is -1.82. The van der Waals surface area contributed by atoms with Crippen LogP contribution in [0, 0.1) is 0 Å². The lowest BCUT2D eigenvalue weighted by Gasteiger charge is -2.43. The summed E-state index contributed by atoms with van der Waals surface area (Å²) in [6, 6.07) is -0.851. The van der Waals surface area contributed by atoms with Gasteiger partial charge in [0.2, 0.25) is 0 Å². The van der Waals surface area contributed by atoms with Gasteiger partial charge in [-0.1, -0.05) is 0 Å². The van der Waals surface area contributed by atoms with E-state index in [1.807, 2.05) is 0 Å². The van der Waals surface area contributed by atoms with Gasteiger partial charge >= 0.3 is 0 Å². The first-order valence-corrected chi connectivity index (χ1v) is 4.05. The van der Waals surface area contributed by atoms with Crippen molar-refractivity contribution in [1.82, 2.24) is 0 Å². The summed E-state index contributed by atoms with van der Waals surface area (Å²) in [5, 5.41) is 46.1. The molecule has 0 bridgehead atoms. The molecular formula is C7H15NO5. The third-order valence-electron chi connectivity index (χ3n) is 2.53. The van der Waals surface area contributed by atoms with Crippen LogP contribution in [0.25, 0.3) is 0 Å². The van der Waals surface area contributed by atoms with Crippen molar-refractivity contribution < 1.29 is 25.5 Å². The maximum atomic E-state index is 9.56. The standard InChI is InChI=1S/C7H15NO5/c8-3-1-7(13,2-9)6(12)5(11)4(3)10/h3-6,9-13H,1-2,8H2/t3-,4+,5+,6-,7-/m0/s1. The molecule has 78 valence electrons. The van der Waals surface area contributed by atoms with Crippen molar-refractivity contribution >= 4 is 0 Å². The van der Waals surface area contributed by atoms with Crippen molar-refractivity contribution in [2.45, 2.75) is 36.4 Å². The zero-order chi connectivity index (χ0) is 10.2. The first-order chi connectivity index (χ1) is 5.92. The van der Waals surface area contributed by atoms with E-state index in [0.717, 1.165) is 0 Å². The van der Waals surface area contributed by atoms with Crippen LogP contribution in [-0.4, -0.2) is 62.1 Å². The van der Waals surface area contributed by atoms with Crippen molar-refractivity contribution in [1.29, 1.82) is 0 Å². The first-order valence-electron chi connectivity index (χ1n) is 4.05. The molecule has 0 aliphatic heterocycles. The van der Waals surface area contributed by atoms with Crippen LogP contribution in [0.2, 0.25) is 0 Å². The molecule has 0 heterocycles. The van der Waals surface area contributed by atoms with E-state index in [0.29, 0.717) is 0 Å². The lowest BCUT2D eigenvalue weighted by atomic mass is 9.77. The van der Waals surface area contributed by atoms with Gasteiger partial charge in [-0.05, 0) is 6.42 Å². The highest BCUT2D eigenvalue weighted by atomic mass is 16.4. The smallest absolute Gasteiger partial charge is 0.118 e. The van der Waals surface area contributed by atoms with E-state index < -0.39 is 36.6 Å². The molecule has 1 fully saturated rings. The highest BCUT2D eigenvalue weighted by Gasteiger charge is 2.49. The monoisotopic (exact) mass is 193 g/mol. The Kier molecular flexibility index (Phi) is 2.91. The number of hydrogen-bond acceptors (Lipinski definition) is 6. The minimum Gasteiger partial charge on any atom is -0.393 e. The van der Waals surface area contributed by atoms with E-state index in [-0.39, 0.29) is 6.42 Å². The normalized spacial score (nSPS) is 52.2. The summed E-state index contributed by atoms with van der Waals surface area (Å²) >= 11 is 0. The maximum absolute atomic E-state index is 9.56. The van der Waals surface area contributed by atoms with E-state index in [4.69, 9.17) is 10.8 Å². The summed E-state index contributed by atoms with van der Waals surface area (Å²) in [5.41, 5.74) is 3.57. The average molecular weight is 193 g/mol. The van der Waals surface area contributed by atoms with Crippen molar-refractivity contribution in [2.75, 3.05) is 6.61 Å². The van der Waals surface area contributed by atoms with Gasteiger partial charge in [0.05, 0.1) is 12.7 Å². The van der Waals surface area contributed by atoms with E-state index >= 15 is 0 Å². The second-order valence-corrected chi connectivity index (χ2v) is 3.56. The molecule has 0 aromatic carbocycles. The molecule has 6 heteroatoms. The van der Waals surface area contributed by atoms with Crippen molar-refractivity contribution in [3.05, 3.63) is 0 Å². The highest BCUT2D eigenvalue weighted by molar-refractivity contribution is 5.03. The Bertz CT molecular complexity index is 190. The Morgan fingerprint density at radius 1 is 1.23 bits per heavy atom. The zero-order valence-corrected chi connectivity index (χ0v) is 7.04. The van der Waals surface area contributed by atoms with Gasteiger partial charge in [0.25, 0.3) is 0 Å². The molecule has 6 nitrogen and oxygen atoms in total. The molecule has 7 N–H and O–H groups in total. The fourth-order valence-electron chi connectivity index (χ4n) is 1.57. The Hall–Kier alpha value is -0.240. The van der Waals surface area contributed by atoms with Crippen LogP contribution in [0.3, 0.4) is 0 Å². The fraction of sp³-hybridized carbons (Fsp3) is 1.00. The van der Waals surface area contributed by atoms with Gasteiger partial charge in [-0.2, -0.15) is 0 Å². The van der Waals surface area contributed by atoms with Crippen LogP contribution >= 0.6 is 0 Å².